The van der Waals surface area contributed by atoms with E-state index in [0.29, 0.717) is 16.9 Å². The van der Waals surface area contributed by atoms with Crippen molar-refractivity contribution in [3.05, 3.63) is 51.7 Å². The number of nitrogens with zero attached hydrogens (tertiary/aromatic N) is 4. The van der Waals surface area contributed by atoms with Crippen molar-refractivity contribution in [1.82, 2.24) is 24.1 Å². The number of aromatic amines is 1. The van der Waals surface area contributed by atoms with Gasteiger partial charge in [0.25, 0.3) is 5.56 Å². The zero-order valence-electron chi connectivity index (χ0n) is 19.8. The van der Waals surface area contributed by atoms with Gasteiger partial charge in [0.1, 0.15) is 36.2 Å². The first-order valence-corrected chi connectivity index (χ1v) is 14.0. The molecule has 3 aromatic rings. The average Bonchev–Trinajstić information content (AvgIpc) is 3.54. The standard InChI is InChI=1S/C20H25N6O10PS/c1-32-16-15(11(7-27)33-18(16)25-5-3-12(29)24-20(25)30)35-37(31,38)36-19-10(28)6-13(34-19)26-8-23-14-9(21)2-4-22-17(14)26/h2-5,8,10-11,13,15-16,18-19,27-28H,6-7H2,1H3,(H2,21,22)(H,31,38)(H,24,29,30)/t10?,11-,13-,15?,16+,18-,19-,37?/m1/s1. The van der Waals surface area contributed by atoms with Gasteiger partial charge in [-0.15, -0.1) is 0 Å². The van der Waals surface area contributed by atoms with Crippen LogP contribution in [-0.2, 0) is 27.8 Å². The molecule has 3 unspecified atom stereocenters. The van der Waals surface area contributed by atoms with Crippen LogP contribution in [0.2, 0.25) is 0 Å². The fourth-order valence-electron chi connectivity index (χ4n) is 4.45. The highest BCUT2D eigenvalue weighted by atomic mass is 32.7. The van der Waals surface area contributed by atoms with Gasteiger partial charge in [0, 0.05) is 32.0 Å². The van der Waals surface area contributed by atoms with Crippen molar-refractivity contribution >= 4 is 35.9 Å². The van der Waals surface area contributed by atoms with Crippen molar-refractivity contribution in [3.8, 4) is 0 Å². The number of pyridine rings is 1. The maximum absolute atomic E-state index is 13.3. The van der Waals surface area contributed by atoms with Crippen LogP contribution in [0.5, 0.6) is 0 Å². The number of nitrogens with one attached hydrogen (secondary N) is 1. The number of methoxy groups -OCH3 is 1. The van der Waals surface area contributed by atoms with Crippen molar-refractivity contribution < 1.29 is 38.0 Å². The molecule has 3 aromatic heterocycles. The van der Waals surface area contributed by atoms with Gasteiger partial charge in [-0.05, 0) is 6.07 Å². The van der Waals surface area contributed by atoms with E-state index >= 15 is 0 Å². The van der Waals surface area contributed by atoms with Crippen molar-refractivity contribution in [1.29, 1.82) is 0 Å². The van der Waals surface area contributed by atoms with Crippen LogP contribution in [0.3, 0.4) is 0 Å². The van der Waals surface area contributed by atoms with Crippen LogP contribution in [0.1, 0.15) is 18.9 Å². The summed E-state index contributed by atoms with van der Waals surface area (Å²) >= 11 is 4.03. The van der Waals surface area contributed by atoms with E-state index in [1.54, 1.807) is 10.6 Å². The number of fused-ring (bicyclic) bond motifs is 1. The van der Waals surface area contributed by atoms with E-state index in [1.807, 2.05) is 0 Å². The number of hydrogen-bond acceptors (Lipinski definition) is 13. The summed E-state index contributed by atoms with van der Waals surface area (Å²) in [5.74, 6) is 0. The smallest absolute Gasteiger partial charge is 0.388 e. The van der Waals surface area contributed by atoms with Crippen LogP contribution >= 0.6 is 19.0 Å². The van der Waals surface area contributed by atoms with Gasteiger partial charge < -0.3 is 30.2 Å². The average molecular weight is 572 g/mol. The second kappa shape index (κ2) is 10.5. The predicted octanol–water partition coefficient (Wildman–Crippen LogP) is -0.486. The molecule has 0 bridgehead atoms. The van der Waals surface area contributed by atoms with Crippen molar-refractivity contribution in [2.75, 3.05) is 19.5 Å². The maximum atomic E-state index is 13.3. The number of rotatable bonds is 8. The molecule has 2 saturated heterocycles. The van der Waals surface area contributed by atoms with Crippen LogP contribution in [0.4, 0.5) is 5.69 Å². The molecular formula is C20H25N6O10PS. The first kappa shape index (κ1) is 27.0. The Labute approximate surface area is 219 Å². The zero-order valence-corrected chi connectivity index (χ0v) is 21.6. The monoisotopic (exact) mass is 572 g/mol. The van der Waals surface area contributed by atoms with Gasteiger partial charge in [-0.3, -0.25) is 28.0 Å². The highest BCUT2D eigenvalue weighted by molar-refractivity contribution is 8.44. The molecule has 5 N–H and O–H groups in total. The molecule has 0 amide bonds. The number of aromatic nitrogens is 5. The largest absolute Gasteiger partial charge is 0.397 e. The lowest BCUT2D eigenvalue weighted by molar-refractivity contribution is -0.130. The lowest BCUT2D eigenvalue weighted by Gasteiger charge is -2.27. The Hall–Kier alpha value is -2.60. The van der Waals surface area contributed by atoms with Gasteiger partial charge in [-0.2, -0.15) is 0 Å². The molecule has 18 heteroatoms. The molecule has 2 fully saturated rings. The molecule has 206 valence electrons. The summed E-state index contributed by atoms with van der Waals surface area (Å²) in [7, 11) is 1.29. The Morgan fingerprint density at radius 2 is 2.03 bits per heavy atom. The van der Waals surface area contributed by atoms with E-state index in [2.05, 4.69) is 27.2 Å². The van der Waals surface area contributed by atoms with Crippen LogP contribution in [0.15, 0.2) is 40.4 Å². The highest BCUT2D eigenvalue weighted by Gasteiger charge is 2.51. The Bertz CT molecular complexity index is 1480. The molecule has 5 heterocycles. The van der Waals surface area contributed by atoms with E-state index in [9.17, 15) is 24.4 Å². The van der Waals surface area contributed by atoms with Crippen molar-refractivity contribution in [2.45, 2.75) is 49.6 Å². The van der Waals surface area contributed by atoms with Gasteiger partial charge in [0.2, 0.25) is 0 Å². The number of ether oxygens (including phenoxy) is 3. The molecule has 0 saturated carbocycles. The molecular weight excluding hydrogens is 547 g/mol. The van der Waals surface area contributed by atoms with E-state index in [-0.39, 0.29) is 6.42 Å². The molecule has 16 nitrogen and oxygen atoms in total. The van der Waals surface area contributed by atoms with Gasteiger partial charge in [0.15, 0.2) is 18.2 Å². The minimum atomic E-state index is -4.29. The van der Waals surface area contributed by atoms with Crippen LogP contribution in [0, 0.1) is 0 Å². The van der Waals surface area contributed by atoms with E-state index in [4.69, 9.17) is 29.0 Å². The molecule has 0 radical (unpaired) electrons. The molecule has 0 aromatic carbocycles. The minimum absolute atomic E-state index is 0.0457. The van der Waals surface area contributed by atoms with E-state index in [1.165, 1.54) is 25.8 Å². The Morgan fingerprint density at radius 1 is 1.24 bits per heavy atom. The number of anilines is 1. The van der Waals surface area contributed by atoms with Crippen LogP contribution in [-0.4, -0.2) is 78.7 Å². The fourth-order valence-corrected chi connectivity index (χ4v) is 6.12. The second-order valence-electron chi connectivity index (χ2n) is 8.60. The number of aliphatic hydroxyl groups is 2. The summed E-state index contributed by atoms with van der Waals surface area (Å²) in [5.41, 5.74) is 5.82. The quantitative estimate of drug-likeness (QED) is 0.170. The number of imidazole rings is 1. The second-order valence-corrected chi connectivity index (χ2v) is 11.4. The van der Waals surface area contributed by atoms with Gasteiger partial charge >= 0.3 is 12.5 Å². The molecule has 2 aliphatic rings. The zero-order chi connectivity index (χ0) is 27.2. The molecule has 5 rings (SSSR count). The molecule has 0 spiro atoms. The first-order chi connectivity index (χ1) is 18.1. The summed E-state index contributed by atoms with van der Waals surface area (Å²) in [4.78, 5) is 34.3. The lowest BCUT2D eigenvalue weighted by Crippen LogP contribution is -2.39. The van der Waals surface area contributed by atoms with Gasteiger partial charge in [-0.1, -0.05) is 12.2 Å². The van der Waals surface area contributed by atoms with Crippen LogP contribution < -0.4 is 17.0 Å². The number of hydrogen-bond donors (Lipinski definition) is 5. The fraction of sp³-hybridized carbons (Fsp3) is 0.500. The van der Waals surface area contributed by atoms with Crippen molar-refractivity contribution in [2.24, 2.45) is 0 Å². The topological polar surface area (TPSA) is 215 Å². The van der Waals surface area contributed by atoms with Crippen LogP contribution in [0.25, 0.3) is 11.2 Å². The molecule has 8 atom stereocenters. The molecule has 0 aliphatic carbocycles. The third kappa shape index (κ3) is 5.04. The minimum Gasteiger partial charge on any atom is -0.397 e. The predicted molar refractivity (Wildman–Crippen MR) is 132 cm³/mol. The third-order valence-corrected chi connectivity index (χ3v) is 7.76. The summed E-state index contributed by atoms with van der Waals surface area (Å²) in [6, 6.07) is 2.71. The third-order valence-electron chi connectivity index (χ3n) is 6.21. The Morgan fingerprint density at radius 3 is 2.74 bits per heavy atom. The lowest BCUT2D eigenvalue weighted by atomic mass is 10.1. The van der Waals surface area contributed by atoms with Gasteiger partial charge in [0.05, 0.1) is 18.6 Å². The SMILES string of the molecule is CO[C@H]1C(OP(=O)(S)O[C@H]2O[C@@H](n3cnc4c(N)ccnc43)CC2O)[C@@H](CO)O[C@H]1n1ccc(=O)[nH]c1=O. The normalized spacial score (nSPS) is 31.1. The number of aliphatic hydroxyl groups excluding tert-OH is 2. The molecule has 38 heavy (non-hydrogen) atoms. The number of H-pyrrole nitrogens is 1. The van der Waals surface area contributed by atoms with E-state index in [0.717, 1.165) is 10.6 Å². The summed E-state index contributed by atoms with van der Waals surface area (Å²) in [6.45, 7) is -4.89. The number of thiol groups is 1. The van der Waals surface area contributed by atoms with Crippen molar-refractivity contribution in [3.63, 3.8) is 0 Å². The summed E-state index contributed by atoms with van der Waals surface area (Å²) in [5, 5.41) is 20.4. The summed E-state index contributed by atoms with van der Waals surface area (Å²) in [6.07, 6.45) is -3.76. The number of nitrogens with two attached hydrogens (primary N) is 1. The Balaban J connectivity index is 1.32. The van der Waals surface area contributed by atoms with E-state index < -0.39 is 67.8 Å². The molecule has 2 aliphatic heterocycles. The number of nitrogen functional groups attached to an aromatic ring is 1. The summed E-state index contributed by atoms with van der Waals surface area (Å²) < 4.78 is 43.8. The maximum Gasteiger partial charge on any atom is 0.388 e. The Kier molecular flexibility index (Phi) is 7.47. The highest BCUT2D eigenvalue weighted by Crippen LogP contribution is 2.58. The first-order valence-electron chi connectivity index (χ1n) is 11.3. The van der Waals surface area contributed by atoms with Gasteiger partial charge in [-0.25, -0.2) is 19.3 Å².